The summed E-state index contributed by atoms with van der Waals surface area (Å²) in [5, 5.41) is 1.99. The normalized spacial score (nSPS) is 10.6. The molecule has 0 fully saturated rings. The third-order valence-corrected chi connectivity index (χ3v) is 3.52. The number of hydrogen-bond acceptors (Lipinski definition) is 4. The summed E-state index contributed by atoms with van der Waals surface area (Å²) in [6.07, 6.45) is 2.66. The lowest BCUT2D eigenvalue weighted by molar-refractivity contribution is 0.909. The molecule has 0 aliphatic carbocycles. The van der Waals surface area contributed by atoms with Crippen LogP contribution in [0.15, 0.2) is 40.5 Å². The molecular weight excluding hydrogens is 242 g/mol. The smallest absolute Gasteiger partial charge is 0.105 e. The first-order valence-electron chi connectivity index (χ1n) is 5.96. The summed E-state index contributed by atoms with van der Waals surface area (Å²) in [5.74, 6) is 0. The number of hydrogen-bond donors (Lipinski definition) is 1. The highest BCUT2D eigenvalue weighted by Crippen LogP contribution is 2.28. The Balaban J connectivity index is 2.27. The first kappa shape index (κ1) is 13.1. The molecule has 0 aromatic carbocycles. The first-order valence-corrected chi connectivity index (χ1v) is 6.78. The van der Waals surface area contributed by atoms with Gasteiger partial charge in [-0.3, -0.25) is 0 Å². The zero-order valence-electron chi connectivity index (χ0n) is 10.7. The highest BCUT2D eigenvalue weighted by atomic mass is 32.2. The van der Waals surface area contributed by atoms with Gasteiger partial charge in [0.1, 0.15) is 10.1 Å². The van der Waals surface area contributed by atoms with Gasteiger partial charge in [-0.1, -0.05) is 6.07 Å². The average molecular weight is 259 g/mol. The molecule has 18 heavy (non-hydrogen) atoms. The van der Waals surface area contributed by atoms with E-state index in [0.717, 1.165) is 22.2 Å². The Morgan fingerprint density at radius 3 is 2.83 bits per heavy atom. The van der Waals surface area contributed by atoms with E-state index in [-0.39, 0.29) is 0 Å². The average Bonchev–Trinajstić information content (AvgIpc) is 2.30. The number of rotatable bonds is 4. The zero-order valence-corrected chi connectivity index (χ0v) is 11.5. The van der Waals surface area contributed by atoms with Crippen LogP contribution in [-0.4, -0.2) is 16.5 Å². The Labute approximate surface area is 112 Å². The minimum Gasteiger partial charge on any atom is -0.330 e. The van der Waals surface area contributed by atoms with Gasteiger partial charge in [-0.05, 0) is 67.9 Å². The Kier molecular flexibility index (Phi) is 4.33. The topological polar surface area (TPSA) is 51.8 Å². The second-order valence-corrected chi connectivity index (χ2v) is 5.24. The van der Waals surface area contributed by atoms with E-state index in [4.69, 9.17) is 5.73 Å². The highest BCUT2D eigenvalue weighted by Gasteiger charge is 2.06. The van der Waals surface area contributed by atoms with Crippen LogP contribution in [0.25, 0.3) is 0 Å². The molecule has 0 bridgehead atoms. The third kappa shape index (κ3) is 3.31. The molecule has 0 spiro atoms. The van der Waals surface area contributed by atoms with Gasteiger partial charge < -0.3 is 5.73 Å². The molecule has 0 atom stereocenters. The van der Waals surface area contributed by atoms with Crippen molar-refractivity contribution in [1.82, 2.24) is 9.97 Å². The fourth-order valence-electron chi connectivity index (χ4n) is 1.82. The second kappa shape index (κ2) is 5.98. The van der Waals surface area contributed by atoms with Gasteiger partial charge in [0.2, 0.25) is 0 Å². The van der Waals surface area contributed by atoms with Crippen molar-refractivity contribution in [3.63, 3.8) is 0 Å². The molecule has 0 amide bonds. The molecule has 2 aromatic rings. The van der Waals surface area contributed by atoms with Gasteiger partial charge in [0.15, 0.2) is 0 Å². The summed E-state index contributed by atoms with van der Waals surface area (Å²) in [6, 6.07) is 8.18. The molecule has 3 nitrogen and oxygen atoms in total. The Bertz CT molecular complexity index is 520. The van der Waals surface area contributed by atoms with Crippen molar-refractivity contribution in [2.75, 3.05) is 6.54 Å². The third-order valence-electron chi connectivity index (χ3n) is 2.54. The summed E-state index contributed by atoms with van der Waals surface area (Å²) in [4.78, 5) is 8.94. The number of aryl methyl sites for hydroxylation is 2. The zero-order chi connectivity index (χ0) is 13.0. The molecule has 0 saturated heterocycles. The van der Waals surface area contributed by atoms with Crippen LogP contribution in [0.4, 0.5) is 0 Å². The lowest BCUT2D eigenvalue weighted by atomic mass is 10.2. The van der Waals surface area contributed by atoms with E-state index in [0.29, 0.717) is 6.54 Å². The van der Waals surface area contributed by atoms with E-state index in [1.54, 1.807) is 11.8 Å². The SMILES string of the molecule is Cc1cc(C)nc(Sc2ncccc2CCN)c1. The van der Waals surface area contributed by atoms with E-state index < -0.39 is 0 Å². The van der Waals surface area contributed by atoms with Crippen molar-refractivity contribution >= 4 is 11.8 Å². The van der Waals surface area contributed by atoms with Crippen molar-refractivity contribution in [1.29, 1.82) is 0 Å². The molecule has 0 aliphatic heterocycles. The van der Waals surface area contributed by atoms with Gasteiger partial charge in [0, 0.05) is 11.9 Å². The van der Waals surface area contributed by atoms with Crippen LogP contribution in [0.5, 0.6) is 0 Å². The molecule has 0 saturated carbocycles. The van der Waals surface area contributed by atoms with E-state index in [1.807, 2.05) is 19.2 Å². The Hall–Kier alpha value is -1.39. The number of aromatic nitrogens is 2. The molecule has 0 radical (unpaired) electrons. The van der Waals surface area contributed by atoms with E-state index in [2.05, 4.69) is 35.1 Å². The summed E-state index contributed by atoms with van der Waals surface area (Å²) >= 11 is 1.60. The number of nitrogens with two attached hydrogens (primary N) is 1. The summed E-state index contributed by atoms with van der Waals surface area (Å²) in [7, 11) is 0. The van der Waals surface area contributed by atoms with Crippen molar-refractivity contribution in [2.45, 2.75) is 30.3 Å². The van der Waals surface area contributed by atoms with Crippen LogP contribution in [0, 0.1) is 13.8 Å². The van der Waals surface area contributed by atoms with Gasteiger partial charge >= 0.3 is 0 Å². The maximum atomic E-state index is 5.62. The molecule has 2 aromatic heterocycles. The van der Waals surface area contributed by atoms with E-state index in [9.17, 15) is 0 Å². The molecular formula is C14H17N3S. The summed E-state index contributed by atoms with van der Waals surface area (Å²) < 4.78 is 0. The molecule has 2 N–H and O–H groups in total. The fourth-order valence-corrected chi connectivity index (χ4v) is 2.86. The van der Waals surface area contributed by atoms with Crippen LogP contribution >= 0.6 is 11.8 Å². The molecule has 0 unspecified atom stereocenters. The van der Waals surface area contributed by atoms with Crippen LogP contribution in [0.2, 0.25) is 0 Å². The van der Waals surface area contributed by atoms with E-state index >= 15 is 0 Å². The number of pyridine rings is 2. The molecule has 0 aliphatic rings. The lowest BCUT2D eigenvalue weighted by Crippen LogP contribution is -2.04. The molecule has 94 valence electrons. The van der Waals surface area contributed by atoms with Gasteiger partial charge in [-0.15, -0.1) is 0 Å². The minimum absolute atomic E-state index is 0.638. The van der Waals surface area contributed by atoms with Crippen LogP contribution in [0.3, 0.4) is 0 Å². The molecule has 2 heterocycles. The quantitative estimate of drug-likeness (QED) is 0.917. The van der Waals surface area contributed by atoms with Gasteiger partial charge in [0.05, 0.1) is 0 Å². The van der Waals surface area contributed by atoms with Crippen LogP contribution in [0.1, 0.15) is 16.8 Å². The van der Waals surface area contributed by atoms with Crippen molar-refractivity contribution in [3.05, 3.63) is 47.3 Å². The fraction of sp³-hybridized carbons (Fsp3) is 0.286. The summed E-state index contributed by atoms with van der Waals surface area (Å²) in [5.41, 5.74) is 9.06. The van der Waals surface area contributed by atoms with Crippen molar-refractivity contribution in [3.8, 4) is 0 Å². The second-order valence-electron chi connectivity index (χ2n) is 4.23. The maximum Gasteiger partial charge on any atom is 0.105 e. The summed E-state index contributed by atoms with van der Waals surface area (Å²) in [6.45, 7) is 4.73. The van der Waals surface area contributed by atoms with Crippen LogP contribution < -0.4 is 5.73 Å². The Morgan fingerprint density at radius 2 is 2.11 bits per heavy atom. The van der Waals surface area contributed by atoms with E-state index in [1.165, 1.54) is 11.1 Å². The minimum atomic E-state index is 0.638. The lowest BCUT2D eigenvalue weighted by Gasteiger charge is -2.07. The van der Waals surface area contributed by atoms with Gasteiger partial charge in [-0.2, -0.15) is 0 Å². The predicted molar refractivity (Wildman–Crippen MR) is 74.8 cm³/mol. The molecule has 2 rings (SSSR count). The van der Waals surface area contributed by atoms with Gasteiger partial charge in [0.25, 0.3) is 0 Å². The molecule has 4 heteroatoms. The van der Waals surface area contributed by atoms with Crippen molar-refractivity contribution in [2.24, 2.45) is 5.73 Å². The standard InChI is InChI=1S/C14H17N3S/c1-10-8-11(2)17-13(9-10)18-14-12(5-6-15)4-3-7-16-14/h3-4,7-9H,5-6,15H2,1-2H3. The maximum absolute atomic E-state index is 5.62. The highest BCUT2D eigenvalue weighted by molar-refractivity contribution is 7.99. The predicted octanol–water partition coefficient (Wildman–Crippen LogP) is 2.75. The largest absolute Gasteiger partial charge is 0.330 e. The monoisotopic (exact) mass is 259 g/mol. The Morgan fingerprint density at radius 1 is 1.28 bits per heavy atom. The van der Waals surface area contributed by atoms with Crippen LogP contribution in [-0.2, 0) is 6.42 Å². The van der Waals surface area contributed by atoms with Crippen molar-refractivity contribution < 1.29 is 0 Å². The van der Waals surface area contributed by atoms with Gasteiger partial charge in [-0.25, -0.2) is 9.97 Å². The first-order chi connectivity index (χ1) is 8.69. The number of nitrogens with zero attached hydrogens (tertiary/aromatic N) is 2.